The van der Waals surface area contributed by atoms with E-state index < -0.39 is 11.8 Å². The van der Waals surface area contributed by atoms with Crippen LogP contribution in [0, 0.1) is 6.92 Å². The fraction of sp³-hybridized carbons (Fsp3) is 0.263. The van der Waals surface area contributed by atoms with Gasteiger partial charge in [-0.2, -0.15) is 0 Å². The largest absolute Gasteiger partial charge is 0.345 e. The Bertz CT molecular complexity index is 651. The van der Waals surface area contributed by atoms with Crippen LogP contribution in [0.25, 0.3) is 0 Å². The van der Waals surface area contributed by atoms with Gasteiger partial charge in [-0.05, 0) is 44.4 Å². The number of anilines is 1. The van der Waals surface area contributed by atoms with Gasteiger partial charge in [0, 0.05) is 11.7 Å². The van der Waals surface area contributed by atoms with Crippen LogP contribution in [0.4, 0.5) is 5.69 Å². The fourth-order valence-electron chi connectivity index (χ4n) is 2.21. The van der Waals surface area contributed by atoms with Crippen LogP contribution in [-0.2, 0) is 16.0 Å². The molecule has 2 amide bonds. The van der Waals surface area contributed by atoms with Crippen molar-refractivity contribution in [3.8, 4) is 0 Å². The molecule has 0 spiro atoms. The number of hydrogen-bond donors (Lipinski definition) is 2. The summed E-state index contributed by atoms with van der Waals surface area (Å²) in [6.45, 7) is 3.87. The van der Waals surface area contributed by atoms with Crippen molar-refractivity contribution in [2.75, 3.05) is 5.32 Å². The van der Waals surface area contributed by atoms with E-state index in [0.717, 1.165) is 18.4 Å². The molecule has 2 N–H and O–H groups in total. The third kappa shape index (κ3) is 5.58. The predicted octanol–water partition coefficient (Wildman–Crippen LogP) is 3.07. The lowest BCUT2D eigenvalue weighted by Gasteiger charge is -2.13. The maximum atomic E-state index is 11.9. The van der Waals surface area contributed by atoms with Crippen LogP contribution >= 0.6 is 0 Å². The van der Waals surface area contributed by atoms with Crippen LogP contribution in [0.1, 0.15) is 24.5 Å². The molecule has 2 aromatic rings. The second kappa shape index (κ2) is 8.13. The molecule has 0 aliphatic carbocycles. The van der Waals surface area contributed by atoms with E-state index in [9.17, 15) is 9.59 Å². The molecule has 0 aliphatic rings. The Labute approximate surface area is 136 Å². The summed E-state index contributed by atoms with van der Waals surface area (Å²) in [7, 11) is 0. The van der Waals surface area contributed by atoms with E-state index in [0.29, 0.717) is 5.69 Å². The van der Waals surface area contributed by atoms with Crippen LogP contribution in [0.2, 0.25) is 0 Å². The van der Waals surface area contributed by atoms with Gasteiger partial charge in [-0.15, -0.1) is 0 Å². The van der Waals surface area contributed by atoms with Crippen LogP contribution in [-0.4, -0.2) is 17.9 Å². The number of benzene rings is 2. The molecule has 0 bridgehead atoms. The minimum Gasteiger partial charge on any atom is -0.345 e. The highest BCUT2D eigenvalue weighted by atomic mass is 16.2. The zero-order valence-electron chi connectivity index (χ0n) is 13.5. The van der Waals surface area contributed by atoms with E-state index in [1.165, 1.54) is 5.56 Å². The first-order chi connectivity index (χ1) is 11.0. The Morgan fingerprint density at radius 1 is 0.957 bits per heavy atom. The van der Waals surface area contributed by atoms with Gasteiger partial charge in [0.25, 0.3) is 0 Å². The molecule has 0 fully saturated rings. The summed E-state index contributed by atoms with van der Waals surface area (Å²) in [5, 5.41) is 5.33. The van der Waals surface area contributed by atoms with Gasteiger partial charge in [0.2, 0.25) is 0 Å². The fourth-order valence-corrected chi connectivity index (χ4v) is 2.21. The van der Waals surface area contributed by atoms with Gasteiger partial charge >= 0.3 is 11.8 Å². The SMILES string of the molecule is Cc1ccc(NC(=O)C(=O)N[C@@H](C)CCc2ccccc2)cc1. The third-order valence-corrected chi connectivity index (χ3v) is 3.60. The van der Waals surface area contributed by atoms with Gasteiger partial charge in [-0.3, -0.25) is 9.59 Å². The maximum Gasteiger partial charge on any atom is 0.313 e. The number of nitrogens with one attached hydrogen (secondary N) is 2. The summed E-state index contributed by atoms with van der Waals surface area (Å²) in [5.74, 6) is -1.24. The highest BCUT2D eigenvalue weighted by Gasteiger charge is 2.16. The zero-order valence-corrected chi connectivity index (χ0v) is 13.5. The van der Waals surface area contributed by atoms with Crippen LogP contribution in [0.15, 0.2) is 54.6 Å². The standard InChI is InChI=1S/C19H22N2O2/c1-14-8-12-17(13-9-14)21-19(23)18(22)20-15(2)10-11-16-6-4-3-5-7-16/h3-9,12-13,15H,10-11H2,1-2H3,(H,20,22)(H,21,23)/t15-/m0/s1. The molecule has 4 heteroatoms. The Morgan fingerprint density at radius 2 is 1.61 bits per heavy atom. The smallest absolute Gasteiger partial charge is 0.313 e. The van der Waals surface area contributed by atoms with E-state index in [4.69, 9.17) is 0 Å². The molecule has 2 rings (SSSR count). The number of hydrogen-bond acceptors (Lipinski definition) is 2. The molecule has 0 saturated heterocycles. The van der Waals surface area contributed by atoms with Crippen molar-refractivity contribution in [3.05, 3.63) is 65.7 Å². The van der Waals surface area contributed by atoms with Gasteiger partial charge in [-0.1, -0.05) is 48.0 Å². The van der Waals surface area contributed by atoms with Crippen molar-refractivity contribution in [1.82, 2.24) is 5.32 Å². The second-order valence-electron chi connectivity index (χ2n) is 5.72. The van der Waals surface area contributed by atoms with Gasteiger partial charge in [0.05, 0.1) is 0 Å². The lowest BCUT2D eigenvalue weighted by molar-refractivity contribution is -0.136. The molecule has 4 nitrogen and oxygen atoms in total. The van der Waals surface area contributed by atoms with Gasteiger partial charge in [0.15, 0.2) is 0 Å². The van der Waals surface area contributed by atoms with Crippen molar-refractivity contribution >= 4 is 17.5 Å². The van der Waals surface area contributed by atoms with E-state index in [1.807, 2.05) is 44.2 Å². The van der Waals surface area contributed by atoms with E-state index in [-0.39, 0.29) is 6.04 Å². The highest BCUT2D eigenvalue weighted by Crippen LogP contribution is 2.08. The molecule has 0 aliphatic heterocycles. The summed E-state index contributed by atoms with van der Waals surface area (Å²) in [6, 6.07) is 17.3. The molecule has 23 heavy (non-hydrogen) atoms. The minimum absolute atomic E-state index is 0.0635. The monoisotopic (exact) mass is 310 g/mol. The Hall–Kier alpha value is -2.62. The molecule has 1 atom stereocenters. The van der Waals surface area contributed by atoms with Crippen molar-refractivity contribution in [2.24, 2.45) is 0 Å². The average Bonchev–Trinajstić information content (AvgIpc) is 2.56. The molecular formula is C19H22N2O2. The molecular weight excluding hydrogens is 288 g/mol. The molecule has 0 saturated carbocycles. The normalized spacial score (nSPS) is 11.6. The first-order valence-corrected chi connectivity index (χ1v) is 7.77. The number of amides is 2. The van der Waals surface area contributed by atoms with E-state index in [2.05, 4.69) is 22.8 Å². The topological polar surface area (TPSA) is 58.2 Å². The maximum absolute atomic E-state index is 11.9. The van der Waals surface area contributed by atoms with Crippen molar-refractivity contribution in [2.45, 2.75) is 32.7 Å². The summed E-state index contributed by atoms with van der Waals surface area (Å²) in [6.07, 6.45) is 1.65. The van der Waals surface area contributed by atoms with Gasteiger partial charge in [-0.25, -0.2) is 0 Å². The number of rotatable bonds is 5. The van der Waals surface area contributed by atoms with E-state index >= 15 is 0 Å². The lowest BCUT2D eigenvalue weighted by Crippen LogP contribution is -2.40. The molecule has 0 radical (unpaired) electrons. The van der Waals surface area contributed by atoms with Gasteiger partial charge in [0.1, 0.15) is 0 Å². The summed E-state index contributed by atoms with van der Waals surface area (Å²) in [5.41, 5.74) is 2.94. The Kier molecular flexibility index (Phi) is 5.92. The minimum atomic E-state index is -0.639. The molecule has 120 valence electrons. The first-order valence-electron chi connectivity index (χ1n) is 7.77. The van der Waals surface area contributed by atoms with Crippen LogP contribution in [0.3, 0.4) is 0 Å². The van der Waals surface area contributed by atoms with Crippen molar-refractivity contribution in [1.29, 1.82) is 0 Å². The van der Waals surface area contributed by atoms with Crippen LogP contribution < -0.4 is 10.6 Å². The Balaban J connectivity index is 1.78. The molecule has 2 aromatic carbocycles. The third-order valence-electron chi connectivity index (χ3n) is 3.60. The molecule has 0 aromatic heterocycles. The Morgan fingerprint density at radius 3 is 2.26 bits per heavy atom. The molecule has 0 heterocycles. The summed E-state index contributed by atoms with van der Waals surface area (Å²) >= 11 is 0. The van der Waals surface area contributed by atoms with Crippen molar-refractivity contribution in [3.63, 3.8) is 0 Å². The lowest BCUT2D eigenvalue weighted by atomic mass is 10.1. The van der Waals surface area contributed by atoms with Gasteiger partial charge < -0.3 is 10.6 Å². The first kappa shape index (κ1) is 16.7. The summed E-state index contributed by atoms with van der Waals surface area (Å²) < 4.78 is 0. The highest BCUT2D eigenvalue weighted by molar-refractivity contribution is 6.39. The van der Waals surface area contributed by atoms with Crippen LogP contribution in [0.5, 0.6) is 0 Å². The average molecular weight is 310 g/mol. The van der Waals surface area contributed by atoms with E-state index in [1.54, 1.807) is 12.1 Å². The number of aryl methyl sites for hydroxylation is 2. The predicted molar refractivity (Wildman–Crippen MR) is 92.2 cm³/mol. The zero-order chi connectivity index (χ0) is 16.7. The van der Waals surface area contributed by atoms with Crippen molar-refractivity contribution < 1.29 is 9.59 Å². The molecule has 0 unspecified atom stereocenters. The quantitative estimate of drug-likeness (QED) is 0.834. The second-order valence-corrected chi connectivity index (χ2v) is 5.72. The summed E-state index contributed by atoms with van der Waals surface area (Å²) in [4.78, 5) is 23.8. The number of carbonyl (C=O) groups excluding carboxylic acids is 2. The number of carbonyl (C=O) groups is 2.